The molecule has 0 bridgehead atoms. The van der Waals surface area contributed by atoms with E-state index in [4.69, 9.17) is 0 Å². The SMILES string of the molecule is CN1Cc2cc(Br)ccc2CC1(C)C. The summed E-state index contributed by atoms with van der Waals surface area (Å²) in [6, 6.07) is 6.62. The maximum Gasteiger partial charge on any atom is 0.0239 e. The van der Waals surface area contributed by atoms with Crippen molar-refractivity contribution in [3.8, 4) is 0 Å². The van der Waals surface area contributed by atoms with Crippen molar-refractivity contribution < 1.29 is 0 Å². The van der Waals surface area contributed by atoms with Gasteiger partial charge >= 0.3 is 0 Å². The monoisotopic (exact) mass is 253 g/mol. The van der Waals surface area contributed by atoms with Gasteiger partial charge in [0.25, 0.3) is 0 Å². The van der Waals surface area contributed by atoms with Gasteiger partial charge in [0, 0.05) is 16.6 Å². The lowest BCUT2D eigenvalue weighted by molar-refractivity contribution is 0.133. The van der Waals surface area contributed by atoms with Crippen LogP contribution in [0.25, 0.3) is 0 Å². The van der Waals surface area contributed by atoms with Crippen LogP contribution in [0.5, 0.6) is 0 Å². The molecule has 0 spiro atoms. The maximum absolute atomic E-state index is 3.52. The Morgan fingerprint density at radius 1 is 1.29 bits per heavy atom. The molecule has 1 aliphatic heterocycles. The quantitative estimate of drug-likeness (QED) is 0.687. The fraction of sp³-hybridized carbons (Fsp3) is 0.500. The molecule has 1 nitrogen and oxygen atoms in total. The van der Waals surface area contributed by atoms with Crippen LogP contribution in [0.1, 0.15) is 25.0 Å². The second-order valence-corrected chi connectivity index (χ2v) is 5.67. The molecule has 0 unspecified atom stereocenters. The molecule has 0 saturated carbocycles. The highest BCUT2D eigenvalue weighted by molar-refractivity contribution is 9.10. The predicted molar refractivity (Wildman–Crippen MR) is 63.4 cm³/mol. The average Bonchev–Trinajstić information content (AvgIpc) is 2.08. The zero-order chi connectivity index (χ0) is 10.3. The molecule has 76 valence electrons. The van der Waals surface area contributed by atoms with E-state index in [2.05, 4.69) is 59.9 Å². The highest BCUT2D eigenvalue weighted by atomic mass is 79.9. The van der Waals surface area contributed by atoms with Crippen molar-refractivity contribution in [3.05, 3.63) is 33.8 Å². The number of halogens is 1. The second kappa shape index (κ2) is 3.35. The Hall–Kier alpha value is -0.340. The molecule has 0 N–H and O–H groups in total. The standard InChI is InChI=1S/C12H16BrN/c1-12(2)7-9-4-5-11(13)6-10(9)8-14(12)3/h4-6H,7-8H2,1-3H3. The smallest absolute Gasteiger partial charge is 0.0239 e. The first kappa shape index (κ1) is 10.2. The number of fused-ring (bicyclic) bond motifs is 1. The molecular weight excluding hydrogens is 238 g/mol. The van der Waals surface area contributed by atoms with Gasteiger partial charge in [0.1, 0.15) is 0 Å². The molecule has 1 aromatic rings. The van der Waals surface area contributed by atoms with Gasteiger partial charge < -0.3 is 0 Å². The Balaban J connectivity index is 2.41. The van der Waals surface area contributed by atoms with Gasteiger partial charge in [-0.05, 0) is 50.6 Å². The first-order valence-corrected chi connectivity index (χ1v) is 5.77. The number of hydrogen-bond donors (Lipinski definition) is 0. The average molecular weight is 254 g/mol. The number of likely N-dealkylation sites (N-methyl/N-ethyl adjacent to an activating group) is 1. The normalized spacial score (nSPS) is 20.6. The molecule has 0 amide bonds. The Morgan fingerprint density at radius 3 is 2.71 bits per heavy atom. The van der Waals surface area contributed by atoms with Crippen molar-refractivity contribution in [1.82, 2.24) is 4.90 Å². The number of rotatable bonds is 0. The molecule has 0 fully saturated rings. The Bertz CT molecular complexity index is 357. The van der Waals surface area contributed by atoms with E-state index in [0.29, 0.717) is 5.54 Å². The second-order valence-electron chi connectivity index (χ2n) is 4.76. The van der Waals surface area contributed by atoms with Gasteiger partial charge in [0.15, 0.2) is 0 Å². The third kappa shape index (κ3) is 1.73. The van der Waals surface area contributed by atoms with Crippen LogP contribution in [0.4, 0.5) is 0 Å². The highest BCUT2D eigenvalue weighted by Crippen LogP contribution is 2.30. The van der Waals surface area contributed by atoms with Crippen LogP contribution in [-0.4, -0.2) is 17.5 Å². The van der Waals surface area contributed by atoms with Crippen LogP contribution < -0.4 is 0 Å². The summed E-state index contributed by atoms with van der Waals surface area (Å²) < 4.78 is 1.18. The molecule has 0 aliphatic carbocycles. The third-order valence-electron chi connectivity index (χ3n) is 3.23. The summed E-state index contributed by atoms with van der Waals surface area (Å²) in [5.41, 5.74) is 3.25. The van der Waals surface area contributed by atoms with Gasteiger partial charge in [0.05, 0.1) is 0 Å². The zero-order valence-corrected chi connectivity index (χ0v) is 10.6. The first-order chi connectivity index (χ1) is 6.49. The third-order valence-corrected chi connectivity index (χ3v) is 3.73. The molecule has 0 radical (unpaired) electrons. The summed E-state index contributed by atoms with van der Waals surface area (Å²) in [4.78, 5) is 2.42. The van der Waals surface area contributed by atoms with Gasteiger partial charge in [-0.3, -0.25) is 4.90 Å². The minimum atomic E-state index is 0.292. The number of benzene rings is 1. The van der Waals surface area contributed by atoms with Gasteiger partial charge in [-0.1, -0.05) is 22.0 Å². The van der Waals surface area contributed by atoms with E-state index >= 15 is 0 Å². The summed E-state index contributed by atoms with van der Waals surface area (Å²) in [5, 5.41) is 0. The zero-order valence-electron chi connectivity index (χ0n) is 8.97. The Kier molecular flexibility index (Phi) is 2.44. The molecule has 2 heteroatoms. The van der Waals surface area contributed by atoms with E-state index in [9.17, 15) is 0 Å². The molecule has 2 rings (SSSR count). The van der Waals surface area contributed by atoms with Gasteiger partial charge in [-0.15, -0.1) is 0 Å². The van der Waals surface area contributed by atoms with E-state index in [1.807, 2.05) is 0 Å². The van der Waals surface area contributed by atoms with Crippen molar-refractivity contribution in [2.75, 3.05) is 7.05 Å². The molecule has 1 aromatic carbocycles. The first-order valence-electron chi connectivity index (χ1n) is 4.97. The van der Waals surface area contributed by atoms with Crippen molar-refractivity contribution in [2.24, 2.45) is 0 Å². The largest absolute Gasteiger partial charge is 0.297 e. The van der Waals surface area contributed by atoms with E-state index in [-0.39, 0.29) is 0 Å². The Labute approximate surface area is 94.2 Å². The topological polar surface area (TPSA) is 3.24 Å². The van der Waals surface area contributed by atoms with E-state index in [0.717, 1.165) is 13.0 Å². The van der Waals surface area contributed by atoms with Crippen molar-refractivity contribution >= 4 is 15.9 Å². The van der Waals surface area contributed by atoms with Crippen LogP contribution in [0.15, 0.2) is 22.7 Å². The van der Waals surface area contributed by atoms with E-state index < -0.39 is 0 Å². The van der Waals surface area contributed by atoms with Crippen LogP contribution in [0, 0.1) is 0 Å². The van der Waals surface area contributed by atoms with E-state index in [1.54, 1.807) is 0 Å². The fourth-order valence-corrected chi connectivity index (χ4v) is 2.39. The number of hydrogen-bond acceptors (Lipinski definition) is 1. The number of nitrogens with zero attached hydrogens (tertiary/aromatic N) is 1. The fourth-order valence-electron chi connectivity index (χ4n) is 1.98. The molecule has 1 aliphatic rings. The van der Waals surface area contributed by atoms with Gasteiger partial charge in [-0.25, -0.2) is 0 Å². The van der Waals surface area contributed by atoms with Crippen LogP contribution >= 0.6 is 15.9 Å². The Morgan fingerprint density at radius 2 is 2.00 bits per heavy atom. The van der Waals surface area contributed by atoms with Crippen molar-refractivity contribution in [3.63, 3.8) is 0 Å². The lowest BCUT2D eigenvalue weighted by Gasteiger charge is -2.41. The van der Waals surface area contributed by atoms with Crippen molar-refractivity contribution in [1.29, 1.82) is 0 Å². The van der Waals surface area contributed by atoms with Crippen LogP contribution in [-0.2, 0) is 13.0 Å². The molecule has 0 saturated heterocycles. The summed E-state index contributed by atoms with van der Waals surface area (Å²) in [6.45, 7) is 5.66. The molecule has 1 heterocycles. The summed E-state index contributed by atoms with van der Waals surface area (Å²) >= 11 is 3.52. The molecule has 0 atom stereocenters. The maximum atomic E-state index is 3.52. The van der Waals surface area contributed by atoms with E-state index in [1.165, 1.54) is 15.6 Å². The minimum Gasteiger partial charge on any atom is -0.297 e. The van der Waals surface area contributed by atoms with Gasteiger partial charge in [0.2, 0.25) is 0 Å². The van der Waals surface area contributed by atoms with Gasteiger partial charge in [-0.2, -0.15) is 0 Å². The highest BCUT2D eigenvalue weighted by Gasteiger charge is 2.29. The van der Waals surface area contributed by atoms with Crippen molar-refractivity contribution in [2.45, 2.75) is 32.4 Å². The van der Waals surface area contributed by atoms with Crippen LogP contribution in [0.3, 0.4) is 0 Å². The lowest BCUT2D eigenvalue weighted by atomic mass is 9.86. The van der Waals surface area contributed by atoms with Crippen LogP contribution in [0.2, 0.25) is 0 Å². The summed E-state index contributed by atoms with van der Waals surface area (Å²) in [5.74, 6) is 0. The summed E-state index contributed by atoms with van der Waals surface area (Å²) in [7, 11) is 2.20. The lowest BCUT2D eigenvalue weighted by Crippen LogP contribution is -2.45. The minimum absolute atomic E-state index is 0.292. The molecule has 0 aromatic heterocycles. The summed E-state index contributed by atoms with van der Waals surface area (Å²) in [6.07, 6.45) is 1.14. The predicted octanol–water partition coefficient (Wildman–Crippen LogP) is 3.22. The molecule has 14 heavy (non-hydrogen) atoms. The molecular formula is C12H16BrN.